The van der Waals surface area contributed by atoms with Crippen LogP contribution in [0.3, 0.4) is 0 Å². The lowest BCUT2D eigenvalue weighted by Crippen LogP contribution is -2.41. The fourth-order valence-electron chi connectivity index (χ4n) is 2.53. The third kappa shape index (κ3) is 2.47. The molecule has 1 aliphatic heterocycles. The Morgan fingerprint density at radius 1 is 1.05 bits per heavy atom. The number of hydrogen-bond donors (Lipinski definition) is 0. The second kappa shape index (κ2) is 4.82. The molecule has 1 aromatic heterocycles. The molecule has 0 aliphatic carbocycles. The monoisotopic (exact) mass is 283 g/mol. The largest absolute Gasteiger partial charge is 0.496 e. The molecule has 1 fully saturated rings. The van der Waals surface area contributed by atoms with Crippen LogP contribution in [0.1, 0.15) is 40.2 Å². The van der Waals surface area contributed by atoms with Crippen molar-refractivity contribution in [3.63, 3.8) is 0 Å². The van der Waals surface area contributed by atoms with Crippen molar-refractivity contribution in [1.82, 2.24) is 4.98 Å². The molecule has 0 amide bonds. The van der Waals surface area contributed by atoms with E-state index >= 15 is 0 Å². The number of benzene rings is 1. The third-order valence-corrected chi connectivity index (χ3v) is 4.70. The molecule has 2 heterocycles. The normalized spacial score (nSPS) is 20.1. The van der Waals surface area contributed by atoms with Crippen LogP contribution in [-0.2, 0) is 15.7 Å². The zero-order valence-corrected chi connectivity index (χ0v) is 13.4. The van der Waals surface area contributed by atoms with Crippen molar-refractivity contribution in [1.29, 1.82) is 0 Å². The van der Waals surface area contributed by atoms with Crippen molar-refractivity contribution in [2.75, 3.05) is 0 Å². The molecule has 1 saturated heterocycles. The molecular formula is C17H22BNO2. The summed E-state index contributed by atoms with van der Waals surface area (Å²) < 4.78 is 12.2. The van der Waals surface area contributed by atoms with Crippen LogP contribution in [0, 0.1) is 0 Å². The zero-order valence-electron chi connectivity index (χ0n) is 13.4. The average Bonchev–Trinajstić information content (AvgIpc) is 2.66. The Morgan fingerprint density at radius 2 is 1.71 bits per heavy atom. The van der Waals surface area contributed by atoms with E-state index in [-0.39, 0.29) is 18.3 Å². The molecule has 110 valence electrons. The Labute approximate surface area is 126 Å². The van der Waals surface area contributed by atoms with Crippen LogP contribution >= 0.6 is 0 Å². The number of pyridine rings is 1. The molecule has 21 heavy (non-hydrogen) atoms. The first kappa shape index (κ1) is 14.5. The average molecular weight is 283 g/mol. The SMILES string of the molecule is CCc1ccc2ncc(B3OC(C)(C)C(C)(C)O3)cc2c1. The second-order valence-corrected chi connectivity index (χ2v) is 6.74. The van der Waals surface area contributed by atoms with Gasteiger partial charge in [-0.25, -0.2) is 0 Å². The van der Waals surface area contributed by atoms with E-state index in [4.69, 9.17) is 9.31 Å². The molecule has 3 nitrogen and oxygen atoms in total. The summed E-state index contributed by atoms with van der Waals surface area (Å²) in [5, 5.41) is 1.14. The molecule has 4 heteroatoms. The molecule has 0 N–H and O–H groups in total. The fraction of sp³-hybridized carbons (Fsp3) is 0.471. The second-order valence-electron chi connectivity index (χ2n) is 6.74. The molecule has 0 saturated carbocycles. The summed E-state index contributed by atoms with van der Waals surface area (Å²) in [5.41, 5.74) is 2.66. The summed E-state index contributed by atoms with van der Waals surface area (Å²) in [7, 11) is -0.350. The zero-order chi connectivity index (χ0) is 15.3. The quantitative estimate of drug-likeness (QED) is 0.794. The van der Waals surface area contributed by atoms with Gasteiger partial charge < -0.3 is 9.31 Å². The molecule has 1 aromatic carbocycles. The fourth-order valence-corrected chi connectivity index (χ4v) is 2.53. The van der Waals surface area contributed by atoms with Gasteiger partial charge >= 0.3 is 7.12 Å². The maximum absolute atomic E-state index is 6.09. The lowest BCUT2D eigenvalue weighted by molar-refractivity contribution is 0.00578. The van der Waals surface area contributed by atoms with Gasteiger partial charge in [0.25, 0.3) is 0 Å². The van der Waals surface area contributed by atoms with Crippen LogP contribution in [0.4, 0.5) is 0 Å². The van der Waals surface area contributed by atoms with E-state index in [0.29, 0.717) is 0 Å². The van der Waals surface area contributed by atoms with Gasteiger partial charge in [-0.05, 0) is 51.8 Å². The highest BCUT2D eigenvalue weighted by atomic mass is 16.7. The van der Waals surface area contributed by atoms with E-state index in [1.54, 1.807) is 0 Å². The summed E-state index contributed by atoms with van der Waals surface area (Å²) in [6, 6.07) is 8.52. The highest BCUT2D eigenvalue weighted by molar-refractivity contribution is 6.62. The standard InChI is InChI=1S/C17H22BNO2/c1-6-12-7-8-15-13(9-12)10-14(11-19-15)18-20-16(2,3)17(4,5)21-18/h7-11H,6H2,1-5H3. The van der Waals surface area contributed by atoms with E-state index in [9.17, 15) is 0 Å². The molecule has 0 spiro atoms. The van der Waals surface area contributed by atoms with Crippen LogP contribution in [0.5, 0.6) is 0 Å². The van der Waals surface area contributed by atoms with Crippen molar-refractivity contribution < 1.29 is 9.31 Å². The molecule has 0 radical (unpaired) electrons. The number of rotatable bonds is 2. The van der Waals surface area contributed by atoms with Crippen molar-refractivity contribution in [3.05, 3.63) is 36.0 Å². The van der Waals surface area contributed by atoms with Crippen molar-refractivity contribution in [3.8, 4) is 0 Å². The molecule has 3 rings (SSSR count). The summed E-state index contributed by atoms with van der Waals surface area (Å²) >= 11 is 0. The van der Waals surface area contributed by atoms with E-state index in [1.165, 1.54) is 5.56 Å². The molecule has 2 aromatic rings. The lowest BCUT2D eigenvalue weighted by atomic mass is 9.79. The summed E-state index contributed by atoms with van der Waals surface area (Å²) in [5.74, 6) is 0. The van der Waals surface area contributed by atoms with Gasteiger partial charge in [-0.15, -0.1) is 0 Å². The van der Waals surface area contributed by atoms with Gasteiger partial charge in [0.1, 0.15) is 0 Å². The molecule has 0 unspecified atom stereocenters. The predicted molar refractivity (Wildman–Crippen MR) is 86.8 cm³/mol. The van der Waals surface area contributed by atoms with Gasteiger partial charge in [-0.2, -0.15) is 0 Å². The maximum Gasteiger partial charge on any atom is 0.496 e. The number of hydrogen-bond acceptors (Lipinski definition) is 3. The first-order valence-corrected chi connectivity index (χ1v) is 7.56. The van der Waals surface area contributed by atoms with Crippen molar-refractivity contribution >= 4 is 23.5 Å². The number of aryl methyl sites for hydroxylation is 1. The Kier molecular flexibility index (Phi) is 3.34. The third-order valence-electron chi connectivity index (χ3n) is 4.70. The van der Waals surface area contributed by atoms with Crippen molar-refractivity contribution in [2.45, 2.75) is 52.2 Å². The van der Waals surface area contributed by atoms with Gasteiger partial charge in [-0.1, -0.05) is 19.1 Å². The lowest BCUT2D eigenvalue weighted by Gasteiger charge is -2.32. The minimum absolute atomic E-state index is 0.322. The van der Waals surface area contributed by atoms with Gasteiger partial charge in [-0.3, -0.25) is 4.98 Å². The van der Waals surface area contributed by atoms with Crippen LogP contribution in [0.15, 0.2) is 30.5 Å². The van der Waals surface area contributed by atoms with Crippen LogP contribution < -0.4 is 5.46 Å². The smallest absolute Gasteiger partial charge is 0.399 e. The van der Waals surface area contributed by atoms with E-state index < -0.39 is 0 Å². The van der Waals surface area contributed by atoms with Crippen molar-refractivity contribution in [2.24, 2.45) is 0 Å². The molecule has 1 aliphatic rings. The first-order chi connectivity index (χ1) is 9.82. The first-order valence-electron chi connectivity index (χ1n) is 7.56. The summed E-state index contributed by atoms with van der Waals surface area (Å²) in [6.45, 7) is 10.4. The van der Waals surface area contributed by atoms with Crippen LogP contribution in [0.2, 0.25) is 0 Å². The number of nitrogens with zero attached hydrogens (tertiary/aromatic N) is 1. The van der Waals surface area contributed by atoms with Gasteiger partial charge in [0, 0.05) is 17.0 Å². The maximum atomic E-state index is 6.09. The molecular weight excluding hydrogens is 261 g/mol. The molecule has 0 bridgehead atoms. The van der Waals surface area contributed by atoms with Crippen LogP contribution in [0.25, 0.3) is 10.9 Å². The Balaban J connectivity index is 1.98. The van der Waals surface area contributed by atoms with E-state index in [1.807, 2.05) is 6.20 Å². The topological polar surface area (TPSA) is 31.4 Å². The van der Waals surface area contributed by atoms with E-state index in [2.05, 4.69) is 63.9 Å². The Bertz CT molecular complexity index is 666. The number of fused-ring (bicyclic) bond motifs is 1. The predicted octanol–water partition coefficient (Wildman–Crippen LogP) is 3.10. The Hall–Kier alpha value is -1.39. The van der Waals surface area contributed by atoms with Gasteiger partial charge in [0.15, 0.2) is 0 Å². The van der Waals surface area contributed by atoms with Gasteiger partial charge in [0.05, 0.1) is 16.7 Å². The van der Waals surface area contributed by atoms with E-state index in [0.717, 1.165) is 22.8 Å². The molecule has 0 atom stereocenters. The van der Waals surface area contributed by atoms with Crippen LogP contribution in [-0.4, -0.2) is 23.3 Å². The highest BCUT2D eigenvalue weighted by Gasteiger charge is 2.51. The minimum atomic E-state index is -0.350. The Morgan fingerprint density at radius 3 is 2.33 bits per heavy atom. The highest BCUT2D eigenvalue weighted by Crippen LogP contribution is 2.36. The minimum Gasteiger partial charge on any atom is -0.399 e. The summed E-state index contributed by atoms with van der Waals surface area (Å²) in [4.78, 5) is 4.54. The van der Waals surface area contributed by atoms with Gasteiger partial charge in [0.2, 0.25) is 0 Å². The number of aromatic nitrogens is 1. The summed E-state index contributed by atoms with van der Waals surface area (Å²) in [6.07, 6.45) is 2.88.